The maximum Gasteiger partial charge on any atom is 0.243 e. The molecule has 0 spiro atoms. The second kappa shape index (κ2) is 8.96. The second-order valence-corrected chi connectivity index (χ2v) is 10.2. The highest BCUT2D eigenvalue weighted by Gasteiger charge is 2.45. The van der Waals surface area contributed by atoms with Gasteiger partial charge in [0.15, 0.2) is 5.96 Å². The molecule has 1 aliphatic heterocycles. The Morgan fingerprint density at radius 2 is 1.74 bits per heavy atom. The van der Waals surface area contributed by atoms with Crippen molar-refractivity contribution in [2.24, 2.45) is 4.99 Å². The monoisotopic (exact) mass is 444 g/mol. The van der Waals surface area contributed by atoms with E-state index in [0.717, 1.165) is 36.8 Å². The van der Waals surface area contributed by atoms with Crippen molar-refractivity contribution < 1.29 is 12.8 Å². The smallest absolute Gasteiger partial charge is 0.243 e. The molecular formula is C23H29FN4O2S. The topological polar surface area (TPSA) is 73.8 Å². The van der Waals surface area contributed by atoms with Gasteiger partial charge < -0.3 is 10.6 Å². The first-order chi connectivity index (χ1) is 14.9. The third-order valence-electron chi connectivity index (χ3n) is 6.20. The Morgan fingerprint density at radius 1 is 1.06 bits per heavy atom. The summed E-state index contributed by atoms with van der Waals surface area (Å²) in [5, 5.41) is 6.56. The van der Waals surface area contributed by atoms with Crippen LogP contribution < -0.4 is 10.6 Å². The normalized spacial score (nSPS) is 18.7. The summed E-state index contributed by atoms with van der Waals surface area (Å²) >= 11 is 0. The number of hydrogen-bond acceptors (Lipinski definition) is 3. The molecule has 0 aromatic heterocycles. The SMILES string of the molecule is CN=C(NCc1ccc(S(=O)(=O)N2CCCC2)cc1)NCC1(c2ccccc2F)CC1. The summed E-state index contributed by atoms with van der Waals surface area (Å²) in [6, 6.07) is 13.9. The molecule has 0 amide bonds. The van der Waals surface area contributed by atoms with Crippen LogP contribution in [0.25, 0.3) is 0 Å². The van der Waals surface area contributed by atoms with E-state index in [1.807, 2.05) is 24.3 Å². The van der Waals surface area contributed by atoms with Crippen LogP contribution in [-0.4, -0.2) is 45.4 Å². The average Bonchev–Trinajstić information content (AvgIpc) is 3.34. The minimum atomic E-state index is -3.39. The molecule has 0 unspecified atom stereocenters. The van der Waals surface area contributed by atoms with Crippen molar-refractivity contribution in [2.75, 3.05) is 26.7 Å². The van der Waals surface area contributed by atoms with Crippen molar-refractivity contribution in [2.45, 2.75) is 42.5 Å². The lowest BCUT2D eigenvalue weighted by Crippen LogP contribution is -2.41. The highest BCUT2D eigenvalue weighted by Crippen LogP contribution is 2.48. The van der Waals surface area contributed by atoms with Crippen LogP contribution in [0, 0.1) is 5.82 Å². The molecule has 1 heterocycles. The van der Waals surface area contributed by atoms with Crippen molar-refractivity contribution in [3.63, 3.8) is 0 Å². The van der Waals surface area contributed by atoms with Gasteiger partial charge in [0.25, 0.3) is 0 Å². The summed E-state index contributed by atoms with van der Waals surface area (Å²) in [6.07, 6.45) is 3.74. The van der Waals surface area contributed by atoms with Gasteiger partial charge in [-0.3, -0.25) is 4.99 Å². The van der Waals surface area contributed by atoms with E-state index in [4.69, 9.17) is 0 Å². The number of sulfonamides is 1. The largest absolute Gasteiger partial charge is 0.356 e. The molecule has 0 bridgehead atoms. The van der Waals surface area contributed by atoms with E-state index in [1.54, 1.807) is 29.6 Å². The average molecular weight is 445 g/mol. The summed E-state index contributed by atoms with van der Waals surface area (Å²) in [4.78, 5) is 4.59. The second-order valence-electron chi connectivity index (χ2n) is 8.29. The van der Waals surface area contributed by atoms with Crippen molar-refractivity contribution in [3.05, 3.63) is 65.5 Å². The van der Waals surface area contributed by atoms with E-state index in [0.29, 0.717) is 37.0 Å². The molecule has 2 aliphatic rings. The minimum absolute atomic E-state index is 0.159. The maximum atomic E-state index is 14.2. The highest BCUT2D eigenvalue weighted by molar-refractivity contribution is 7.89. The maximum absolute atomic E-state index is 14.2. The standard InChI is InChI=1S/C23H29FN4O2S/c1-25-22(27-17-23(12-13-23)20-6-2-3-7-21(20)24)26-16-18-8-10-19(11-9-18)31(29,30)28-14-4-5-15-28/h2-3,6-11H,4-5,12-17H2,1H3,(H2,25,26,27). The van der Waals surface area contributed by atoms with Crippen LogP contribution >= 0.6 is 0 Å². The van der Waals surface area contributed by atoms with Gasteiger partial charge in [-0.25, -0.2) is 12.8 Å². The van der Waals surface area contributed by atoms with Crippen molar-refractivity contribution >= 4 is 16.0 Å². The predicted octanol–water partition coefficient (Wildman–Crippen LogP) is 3.01. The van der Waals surface area contributed by atoms with Gasteiger partial charge in [0.1, 0.15) is 5.82 Å². The van der Waals surface area contributed by atoms with Crippen LogP contribution in [-0.2, 0) is 22.0 Å². The van der Waals surface area contributed by atoms with E-state index < -0.39 is 10.0 Å². The Bertz CT molecular complexity index is 1040. The lowest BCUT2D eigenvalue weighted by atomic mass is 9.95. The number of rotatable bonds is 7. The Labute approximate surface area is 183 Å². The van der Waals surface area contributed by atoms with Gasteiger partial charge in [-0.2, -0.15) is 4.31 Å². The molecule has 2 aromatic rings. The lowest BCUT2D eigenvalue weighted by molar-refractivity contribution is 0.477. The van der Waals surface area contributed by atoms with Gasteiger partial charge in [0.05, 0.1) is 4.90 Å². The van der Waals surface area contributed by atoms with E-state index in [1.165, 1.54) is 6.07 Å². The Hall–Kier alpha value is -2.45. The number of nitrogens with zero attached hydrogens (tertiary/aromatic N) is 2. The van der Waals surface area contributed by atoms with E-state index >= 15 is 0 Å². The number of halogens is 1. The van der Waals surface area contributed by atoms with Gasteiger partial charge in [0.2, 0.25) is 10.0 Å². The van der Waals surface area contributed by atoms with Gasteiger partial charge in [-0.05, 0) is 55.0 Å². The molecule has 0 radical (unpaired) electrons. The molecule has 4 rings (SSSR count). The van der Waals surface area contributed by atoms with Crippen LogP contribution in [0.3, 0.4) is 0 Å². The number of hydrogen-bond donors (Lipinski definition) is 2. The van der Waals surface area contributed by atoms with Crippen LogP contribution in [0.2, 0.25) is 0 Å². The van der Waals surface area contributed by atoms with Crippen LogP contribution in [0.4, 0.5) is 4.39 Å². The van der Waals surface area contributed by atoms with E-state index in [9.17, 15) is 12.8 Å². The third-order valence-corrected chi connectivity index (χ3v) is 8.12. The lowest BCUT2D eigenvalue weighted by Gasteiger charge is -2.19. The molecule has 1 saturated heterocycles. The van der Waals surface area contributed by atoms with Crippen molar-refractivity contribution in [3.8, 4) is 0 Å². The molecular weight excluding hydrogens is 415 g/mol. The van der Waals surface area contributed by atoms with Gasteiger partial charge in [0, 0.05) is 38.6 Å². The molecule has 166 valence electrons. The third kappa shape index (κ3) is 4.75. The first-order valence-electron chi connectivity index (χ1n) is 10.7. The minimum Gasteiger partial charge on any atom is -0.356 e. The Kier molecular flexibility index (Phi) is 6.29. The number of guanidine groups is 1. The van der Waals surface area contributed by atoms with Gasteiger partial charge in [-0.15, -0.1) is 0 Å². The highest BCUT2D eigenvalue weighted by atomic mass is 32.2. The summed E-state index contributed by atoms with van der Waals surface area (Å²) < 4.78 is 41.0. The molecule has 2 N–H and O–H groups in total. The summed E-state index contributed by atoms with van der Waals surface area (Å²) in [5.41, 5.74) is 1.54. The molecule has 31 heavy (non-hydrogen) atoms. The van der Waals surface area contributed by atoms with Crippen molar-refractivity contribution in [1.29, 1.82) is 0 Å². The fourth-order valence-corrected chi connectivity index (χ4v) is 5.62. The zero-order chi connectivity index (χ0) is 21.9. The molecule has 1 saturated carbocycles. The zero-order valence-electron chi connectivity index (χ0n) is 17.8. The Balaban J connectivity index is 1.32. The molecule has 1 aliphatic carbocycles. The molecule has 0 atom stereocenters. The predicted molar refractivity (Wildman–Crippen MR) is 120 cm³/mol. The first-order valence-corrected chi connectivity index (χ1v) is 12.2. The summed E-state index contributed by atoms with van der Waals surface area (Å²) in [5.74, 6) is 0.477. The first kappa shape index (κ1) is 21.8. The fraction of sp³-hybridized carbons (Fsp3) is 0.435. The Morgan fingerprint density at radius 3 is 2.35 bits per heavy atom. The number of benzene rings is 2. The van der Waals surface area contributed by atoms with E-state index in [2.05, 4.69) is 15.6 Å². The fourth-order valence-electron chi connectivity index (χ4n) is 4.10. The number of aliphatic imine (C=N–C) groups is 1. The molecule has 8 heteroatoms. The summed E-state index contributed by atoms with van der Waals surface area (Å²) in [6.45, 7) is 2.32. The quantitative estimate of drug-likeness (QED) is 0.509. The van der Waals surface area contributed by atoms with E-state index in [-0.39, 0.29) is 11.2 Å². The van der Waals surface area contributed by atoms with Crippen LogP contribution in [0.15, 0.2) is 58.4 Å². The van der Waals surface area contributed by atoms with Crippen LogP contribution in [0.1, 0.15) is 36.8 Å². The zero-order valence-corrected chi connectivity index (χ0v) is 18.6. The van der Waals surface area contributed by atoms with Crippen molar-refractivity contribution in [1.82, 2.24) is 14.9 Å². The van der Waals surface area contributed by atoms with Gasteiger partial charge >= 0.3 is 0 Å². The van der Waals surface area contributed by atoms with Gasteiger partial charge in [-0.1, -0.05) is 30.3 Å². The molecule has 2 aromatic carbocycles. The molecule has 6 nitrogen and oxygen atoms in total. The van der Waals surface area contributed by atoms with Crippen LogP contribution in [0.5, 0.6) is 0 Å². The summed E-state index contributed by atoms with van der Waals surface area (Å²) in [7, 11) is -1.69. The number of nitrogens with one attached hydrogen (secondary N) is 2. The molecule has 2 fully saturated rings.